The first-order valence-corrected chi connectivity index (χ1v) is 6.35. The lowest BCUT2D eigenvalue weighted by atomic mass is 10.2. The van der Waals surface area contributed by atoms with E-state index >= 15 is 0 Å². The highest BCUT2D eigenvalue weighted by Gasteiger charge is 2.04. The predicted octanol–water partition coefficient (Wildman–Crippen LogP) is 2.98. The zero-order chi connectivity index (χ0) is 11.5. The minimum atomic E-state index is 0.540. The maximum absolute atomic E-state index is 4.37. The SMILES string of the molecule is CCC(C)NCc1cnc2ccc(Br)cn12. The summed E-state index contributed by atoms with van der Waals surface area (Å²) in [7, 11) is 0. The van der Waals surface area contributed by atoms with Gasteiger partial charge < -0.3 is 9.72 Å². The molecule has 0 saturated carbocycles. The number of hydrogen-bond acceptors (Lipinski definition) is 2. The molecule has 3 nitrogen and oxygen atoms in total. The van der Waals surface area contributed by atoms with Crippen LogP contribution < -0.4 is 5.32 Å². The van der Waals surface area contributed by atoms with Crippen molar-refractivity contribution in [3.05, 3.63) is 34.7 Å². The molecule has 2 heterocycles. The summed E-state index contributed by atoms with van der Waals surface area (Å²) in [5, 5.41) is 3.47. The van der Waals surface area contributed by atoms with Crippen LogP contribution in [0.15, 0.2) is 29.0 Å². The molecule has 0 fully saturated rings. The fourth-order valence-corrected chi connectivity index (χ4v) is 1.90. The van der Waals surface area contributed by atoms with E-state index < -0.39 is 0 Å². The summed E-state index contributed by atoms with van der Waals surface area (Å²) in [6.07, 6.45) is 5.12. The number of rotatable bonds is 4. The van der Waals surface area contributed by atoms with Gasteiger partial charge in [0.05, 0.1) is 11.9 Å². The first-order valence-electron chi connectivity index (χ1n) is 5.55. The summed E-state index contributed by atoms with van der Waals surface area (Å²) in [5.74, 6) is 0. The van der Waals surface area contributed by atoms with Gasteiger partial charge in [-0.05, 0) is 41.4 Å². The van der Waals surface area contributed by atoms with E-state index in [4.69, 9.17) is 0 Å². The van der Waals surface area contributed by atoms with Crippen molar-refractivity contribution in [2.45, 2.75) is 32.9 Å². The summed E-state index contributed by atoms with van der Waals surface area (Å²) in [6.45, 7) is 5.23. The van der Waals surface area contributed by atoms with Gasteiger partial charge in [0.2, 0.25) is 0 Å². The molecule has 2 rings (SSSR count). The fraction of sp³-hybridized carbons (Fsp3) is 0.417. The third-order valence-corrected chi connectivity index (χ3v) is 3.26. The summed E-state index contributed by atoms with van der Waals surface area (Å²) >= 11 is 3.48. The topological polar surface area (TPSA) is 29.3 Å². The highest BCUT2D eigenvalue weighted by atomic mass is 79.9. The van der Waals surface area contributed by atoms with Crippen molar-refractivity contribution in [2.75, 3.05) is 0 Å². The van der Waals surface area contributed by atoms with Gasteiger partial charge in [0.25, 0.3) is 0 Å². The molecule has 0 amide bonds. The Morgan fingerprint density at radius 2 is 2.31 bits per heavy atom. The molecule has 1 atom stereocenters. The molecule has 0 aliphatic heterocycles. The summed E-state index contributed by atoms with van der Waals surface area (Å²) < 4.78 is 3.18. The van der Waals surface area contributed by atoms with Crippen molar-refractivity contribution in [3.8, 4) is 0 Å². The highest BCUT2D eigenvalue weighted by Crippen LogP contribution is 2.13. The first kappa shape index (κ1) is 11.6. The molecule has 2 aromatic rings. The Morgan fingerprint density at radius 1 is 1.50 bits per heavy atom. The molecule has 86 valence electrons. The van der Waals surface area contributed by atoms with E-state index in [0.29, 0.717) is 6.04 Å². The van der Waals surface area contributed by atoms with Crippen molar-refractivity contribution >= 4 is 21.6 Å². The van der Waals surface area contributed by atoms with Gasteiger partial charge >= 0.3 is 0 Å². The Labute approximate surface area is 104 Å². The lowest BCUT2D eigenvalue weighted by Crippen LogP contribution is -2.25. The zero-order valence-corrected chi connectivity index (χ0v) is 11.2. The monoisotopic (exact) mass is 281 g/mol. The predicted molar refractivity (Wildman–Crippen MR) is 69.5 cm³/mol. The molecule has 2 aromatic heterocycles. The number of nitrogens with one attached hydrogen (secondary N) is 1. The third-order valence-electron chi connectivity index (χ3n) is 2.79. The van der Waals surface area contributed by atoms with E-state index in [-0.39, 0.29) is 0 Å². The Hall–Kier alpha value is -0.870. The fourth-order valence-electron chi connectivity index (χ4n) is 1.56. The molecule has 0 bridgehead atoms. The molecule has 1 unspecified atom stereocenters. The second kappa shape index (κ2) is 4.97. The van der Waals surface area contributed by atoms with Gasteiger partial charge in [0, 0.05) is 23.3 Å². The average molecular weight is 282 g/mol. The average Bonchev–Trinajstić information content (AvgIpc) is 2.68. The molecule has 16 heavy (non-hydrogen) atoms. The number of halogens is 1. The number of hydrogen-bond donors (Lipinski definition) is 1. The van der Waals surface area contributed by atoms with Crippen molar-refractivity contribution in [2.24, 2.45) is 0 Å². The second-order valence-corrected chi connectivity index (χ2v) is 4.93. The van der Waals surface area contributed by atoms with Gasteiger partial charge in [-0.25, -0.2) is 4.98 Å². The van der Waals surface area contributed by atoms with Crippen LogP contribution >= 0.6 is 15.9 Å². The third kappa shape index (κ3) is 2.44. The summed E-state index contributed by atoms with van der Waals surface area (Å²) in [5.41, 5.74) is 2.18. The van der Waals surface area contributed by atoms with Crippen LogP contribution in [0, 0.1) is 0 Å². The zero-order valence-electron chi connectivity index (χ0n) is 9.57. The maximum Gasteiger partial charge on any atom is 0.136 e. The molecule has 0 spiro atoms. The smallest absolute Gasteiger partial charge is 0.136 e. The van der Waals surface area contributed by atoms with Crippen molar-refractivity contribution in [3.63, 3.8) is 0 Å². The van der Waals surface area contributed by atoms with Gasteiger partial charge in [0.15, 0.2) is 0 Å². The van der Waals surface area contributed by atoms with E-state index in [1.807, 2.05) is 18.3 Å². The van der Waals surface area contributed by atoms with Gasteiger partial charge in [-0.15, -0.1) is 0 Å². The normalized spacial score (nSPS) is 13.2. The van der Waals surface area contributed by atoms with E-state index in [2.05, 4.69) is 50.7 Å². The van der Waals surface area contributed by atoms with Crippen LogP contribution in [0.25, 0.3) is 5.65 Å². The van der Waals surface area contributed by atoms with Crippen LogP contribution in [-0.4, -0.2) is 15.4 Å². The number of pyridine rings is 1. The molecule has 4 heteroatoms. The van der Waals surface area contributed by atoms with Gasteiger partial charge in [-0.2, -0.15) is 0 Å². The standard InChI is InChI=1S/C12H16BrN3/c1-3-9(2)14-6-11-7-15-12-5-4-10(13)8-16(11)12/h4-5,7-9,14H,3,6H2,1-2H3. The minimum Gasteiger partial charge on any atom is -0.309 e. The lowest BCUT2D eigenvalue weighted by molar-refractivity contribution is 0.528. The Balaban J connectivity index is 2.21. The highest BCUT2D eigenvalue weighted by molar-refractivity contribution is 9.10. The Bertz CT molecular complexity index is 478. The number of imidazole rings is 1. The molecular weight excluding hydrogens is 266 g/mol. The van der Waals surface area contributed by atoms with Crippen LogP contribution in [-0.2, 0) is 6.54 Å². The van der Waals surface area contributed by atoms with E-state index in [9.17, 15) is 0 Å². The van der Waals surface area contributed by atoms with Crippen LogP contribution in [0.5, 0.6) is 0 Å². The Morgan fingerprint density at radius 3 is 3.06 bits per heavy atom. The number of nitrogens with zero attached hydrogens (tertiary/aromatic N) is 2. The molecule has 0 saturated heterocycles. The molecule has 0 radical (unpaired) electrons. The van der Waals surface area contributed by atoms with Gasteiger partial charge in [-0.3, -0.25) is 0 Å². The molecule has 1 N–H and O–H groups in total. The number of aromatic nitrogens is 2. The molecule has 0 aromatic carbocycles. The van der Waals surface area contributed by atoms with Gasteiger partial charge in [0.1, 0.15) is 5.65 Å². The first-order chi connectivity index (χ1) is 7.70. The minimum absolute atomic E-state index is 0.540. The van der Waals surface area contributed by atoms with E-state index in [1.54, 1.807) is 0 Å². The van der Waals surface area contributed by atoms with E-state index in [0.717, 1.165) is 23.1 Å². The van der Waals surface area contributed by atoms with Crippen molar-refractivity contribution in [1.82, 2.24) is 14.7 Å². The lowest BCUT2D eigenvalue weighted by Gasteiger charge is -2.10. The van der Waals surface area contributed by atoms with Crippen LogP contribution in [0.2, 0.25) is 0 Å². The van der Waals surface area contributed by atoms with Gasteiger partial charge in [-0.1, -0.05) is 6.92 Å². The van der Waals surface area contributed by atoms with Crippen molar-refractivity contribution in [1.29, 1.82) is 0 Å². The second-order valence-electron chi connectivity index (χ2n) is 4.02. The number of fused-ring (bicyclic) bond motifs is 1. The van der Waals surface area contributed by atoms with E-state index in [1.165, 1.54) is 5.69 Å². The van der Waals surface area contributed by atoms with Crippen LogP contribution in [0.4, 0.5) is 0 Å². The van der Waals surface area contributed by atoms with Crippen molar-refractivity contribution < 1.29 is 0 Å². The summed E-state index contributed by atoms with van der Waals surface area (Å²) in [6, 6.07) is 4.56. The Kier molecular flexibility index (Phi) is 3.61. The molecular formula is C12H16BrN3. The summed E-state index contributed by atoms with van der Waals surface area (Å²) in [4.78, 5) is 4.37. The molecule has 0 aliphatic carbocycles. The molecule has 0 aliphatic rings. The quantitative estimate of drug-likeness (QED) is 0.934. The maximum atomic E-state index is 4.37. The largest absolute Gasteiger partial charge is 0.309 e. The van der Waals surface area contributed by atoms with Crippen LogP contribution in [0.1, 0.15) is 26.0 Å². The van der Waals surface area contributed by atoms with Crippen LogP contribution in [0.3, 0.4) is 0 Å².